The van der Waals surface area contributed by atoms with Crippen molar-refractivity contribution in [1.29, 1.82) is 0 Å². The molecule has 0 spiro atoms. The highest BCUT2D eigenvalue weighted by atomic mass is 127. The van der Waals surface area contributed by atoms with Crippen molar-refractivity contribution in [3.63, 3.8) is 0 Å². The standard InChI is InChI=1S/C19H26F3N7.HI/c1-13-4-5-16(24-10-13)29-8-6-15(7-9-29)26-18(23-2)25-11-14-12-28(3)27-17(14)19(20,21)22;/h4-5,10,12,15H,6-9,11H2,1-3H3,(H2,23,25,26);1H. The Morgan fingerprint density at radius 2 is 1.97 bits per heavy atom. The quantitative estimate of drug-likeness (QED) is 0.357. The van der Waals surface area contributed by atoms with Gasteiger partial charge in [0.1, 0.15) is 5.82 Å². The Balaban J connectivity index is 0.00000320. The van der Waals surface area contributed by atoms with Crippen molar-refractivity contribution < 1.29 is 13.2 Å². The van der Waals surface area contributed by atoms with Gasteiger partial charge in [0.2, 0.25) is 0 Å². The molecule has 30 heavy (non-hydrogen) atoms. The van der Waals surface area contributed by atoms with Gasteiger partial charge in [-0.15, -0.1) is 24.0 Å². The van der Waals surface area contributed by atoms with Crippen molar-refractivity contribution in [1.82, 2.24) is 25.4 Å². The molecule has 0 saturated carbocycles. The maximum atomic E-state index is 13.1. The Morgan fingerprint density at radius 1 is 1.27 bits per heavy atom. The number of rotatable bonds is 4. The average Bonchev–Trinajstić information content (AvgIpc) is 3.07. The van der Waals surface area contributed by atoms with Crippen LogP contribution in [0, 0.1) is 6.92 Å². The van der Waals surface area contributed by atoms with Gasteiger partial charge in [0.25, 0.3) is 0 Å². The van der Waals surface area contributed by atoms with Gasteiger partial charge in [-0.3, -0.25) is 9.67 Å². The average molecular weight is 537 g/mol. The number of halogens is 4. The van der Waals surface area contributed by atoms with E-state index in [2.05, 4.69) is 30.6 Å². The van der Waals surface area contributed by atoms with Crippen LogP contribution in [0.1, 0.15) is 29.7 Å². The third kappa shape index (κ3) is 6.22. The maximum Gasteiger partial charge on any atom is 0.435 e. The van der Waals surface area contributed by atoms with E-state index in [9.17, 15) is 13.2 Å². The topological polar surface area (TPSA) is 70.4 Å². The molecule has 1 saturated heterocycles. The molecule has 1 aliphatic heterocycles. The van der Waals surface area contributed by atoms with Crippen LogP contribution in [0.4, 0.5) is 19.0 Å². The van der Waals surface area contributed by atoms with E-state index in [0.29, 0.717) is 5.96 Å². The van der Waals surface area contributed by atoms with E-state index in [4.69, 9.17) is 0 Å². The number of hydrogen-bond donors (Lipinski definition) is 2. The van der Waals surface area contributed by atoms with Gasteiger partial charge in [0, 0.05) is 57.7 Å². The minimum Gasteiger partial charge on any atom is -0.356 e. The van der Waals surface area contributed by atoms with E-state index in [0.717, 1.165) is 37.3 Å². The van der Waals surface area contributed by atoms with Crippen molar-refractivity contribution in [2.24, 2.45) is 12.0 Å². The van der Waals surface area contributed by atoms with Crippen molar-refractivity contribution in [3.8, 4) is 0 Å². The van der Waals surface area contributed by atoms with E-state index in [1.807, 2.05) is 25.3 Å². The molecule has 166 valence electrons. The SMILES string of the molecule is CN=C(NCc1cn(C)nc1C(F)(F)F)NC1CCN(c2ccc(C)cn2)CC1.I. The molecule has 0 unspecified atom stereocenters. The van der Waals surface area contributed by atoms with Crippen molar-refractivity contribution >= 4 is 35.8 Å². The summed E-state index contributed by atoms with van der Waals surface area (Å²) in [4.78, 5) is 10.8. The Labute approximate surface area is 191 Å². The molecule has 0 aromatic carbocycles. The minimum atomic E-state index is -4.48. The lowest BCUT2D eigenvalue weighted by atomic mass is 10.1. The summed E-state index contributed by atoms with van der Waals surface area (Å²) in [7, 11) is 3.08. The second-order valence-corrected chi connectivity index (χ2v) is 7.20. The highest BCUT2D eigenvalue weighted by Crippen LogP contribution is 2.30. The van der Waals surface area contributed by atoms with Crippen molar-refractivity contribution in [3.05, 3.63) is 41.3 Å². The van der Waals surface area contributed by atoms with Crippen LogP contribution in [0.25, 0.3) is 0 Å². The Kier molecular flexibility index (Phi) is 8.33. The minimum absolute atomic E-state index is 0. The summed E-state index contributed by atoms with van der Waals surface area (Å²) in [5.41, 5.74) is 0.340. The summed E-state index contributed by atoms with van der Waals surface area (Å²) in [6.45, 7) is 3.71. The molecule has 11 heteroatoms. The van der Waals surface area contributed by atoms with Gasteiger partial charge in [-0.25, -0.2) is 4.98 Å². The van der Waals surface area contributed by atoms with Crippen LogP contribution in [0.5, 0.6) is 0 Å². The normalized spacial score (nSPS) is 15.7. The zero-order valence-electron chi connectivity index (χ0n) is 17.2. The van der Waals surface area contributed by atoms with E-state index < -0.39 is 11.9 Å². The smallest absolute Gasteiger partial charge is 0.356 e. The molecule has 2 N–H and O–H groups in total. The molecule has 0 radical (unpaired) electrons. The van der Waals surface area contributed by atoms with Crippen molar-refractivity contribution in [2.75, 3.05) is 25.0 Å². The molecular weight excluding hydrogens is 510 g/mol. The molecule has 0 atom stereocenters. The summed E-state index contributed by atoms with van der Waals surface area (Å²) in [5, 5.41) is 9.80. The van der Waals surface area contributed by atoms with Crippen LogP contribution >= 0.6 is 24.0 Å². The highest BCUT2D eigenvalue weighted by Gasteiger charge is 2.36. The van der Waals surface area contributed by atoms with Crippen LogP contribution in [-0.4, -0.2) is 46.9 Å². The molecular formula is C19H27F3IN7. The van der Waals surface area contributed by atoms with E-state index in [1.165, 1.54) is 17.9 Å². The first kappa shape index (κ1) is 24.2. The lowest BCUT2D eigenvalue weighted by molar-refractivity contribution is -0.142. The monoisotopic (exact) mass is 537 g/mol. The third-order valence-corrected chi connectivity index (χ3v) is 4.90. The molecule has 3 rings (SSSR count). The number of nitrogens with one attached hydrogen (secondary N) is 2. The number of hydrogen-bond acceptors (Lipinski definition) is 4. The summed E-state index contributed by atoms with van der Waals surface area (Å²) in [5.74, 6) is 1.45. The van der Waals surface area contributed by atoms with Crippen LogP contribution < -0.4 is 15.5 Å². The molecule has 1 aliphatic rings. The predicted octanol–water partition coefficient (Wildman–Crippen LogP) is 3.09. The van der Waals surface area contributed by atoms with Crippen LogP contribution in [0.15, 0.2) is 29.5 Å². The van der Waals surface area contributed by atoms with Gasteiger partial charge < -0.3 is 15.5 Å². The molecule has 1 fully saturated rings. The van der Waals surface area contributed by atoms with Gasteiger partial charge in [0.05, 0.1) is 0 Å². The number of alkyl halides is 3. The van der Waals surface area contributed by atoms with Gasteiger partial charge in [-0.2, -0.15) is 18.3 Å². The Bertz CT molecular complexity index is 841. The molecule has 7 nitrogen and oxygen atoms in total. The summed E-state index contributed by atoms with van der Waals surface area (Å²) in [6.07, 6.45) is 0.523. The zero-order chi connectivity index (χ0) is 21.0. The molecule has 3 heterocycles. The zero-order valence-corrected chi connectivity index (χ0v) is 19.5. The predicted molar refractivity (Wildman–Crippen MR) is 121 cm³/mol. The van der Waals surface area contributed by atoms with Gasteiger partial charge >= 0.3 is 6.18 Å². The van der Waals surface area contributed by atoms with Crippen LogP contribution in [0.3, 0.4) is 0 Å². The third-order valence-electron chi connectivity index (χ3n) is 4.90. The van der Waals surface area contributed by atoms with E-state index in [-0.39, 0.29) is 42.1 Å². The largest absolute Gasteiger partial charge is 0.435 e. The second-order valence-electron chi connectivity index (χ2n) is 7.20. The fourth-order valence-electron chi connectivity index (χ4n) is 3.37. The first-order valence-corrected chi connectivity index (χ1v) is 9.50. The molecule has 0 amide bonds. The Morgan fingerprint density at radius 3 is 2.53 bits per heavy atom. The fraction of sp³-hybridized carbons (Fsp3) is 0.526. The first-order chi connectivity index (χ1) is 13.8. The van der Waals surface area contributed by atoms with Gasteiger partial charge in [0.15, 0.2) is 11.7 Å². The number of aliphatic imine (C=N–C) groups is 1. The fourth-order valence-corrected chi connectivity index (χ4v) is 3.37. The molecule has 2 aromatic heterocycles. The molecule has 2 aromatic rings. The van der Waals surface area contributed by atoms with Crippen molar-refractivity contribution in [2.45, 2.75) is 38.5 Å². The van der Waals surface area contributed by atoms with Gasteiger partial charge in [-0.1, -0.05) is 6.07 Å². The Hall–Kier alpha value is -2.05. The number of nitrogens with zero attached hydrogens (tertiary/aromatic N) is 5. The van der Waals surface area contributed by atoms with Crippen LogP contribution in [-0.2, 0) is 19.8 Å². The maximum absolute atomic E-state index is 13.1. The summed E-state index contributed by atoms with van der Waals surface area (Å²) >= 11 is 0. The number of guanidine groups is 1. The molecule has 0 aliphatic carbocycles. The number of aryl methyl sites for hydroxylation is 2. The number of anilines is 1. The number of piperidine rings is 1. The lowest BCUT2D eigenvalue weighted by Gasteiger charge is -2.33. The first-order valence-electron chi connectivity index (χ1n) is 9.50. The number of pyridine rings is 1. The lowest BCUT2D eigenvalue weighted by Crippen LogP contribution is -2.48. The summed E-state index contributed by atoms with van der Waals surface area (Å²) in [6, 6.07) is 4.26. The van der Waals surface area contributed by atoms with Gasteiger partial charge in [-0.05, 0) is 31.4 Å². The highest BCUT2D eigenvalue weighted by molar-refractivity contribution is 14.0. The summed E-state index contributed by atoms with van der Waals surface area (Å²) < 4.78 is 40.4. The second kappa shape index (κ2) is 10.3. The number of aromatic nitrogens is 3. The van der Waals surface area contributed by atoms with E-state index in [1.54, 1.807) is 7.05 Å². The molecule has 0 bridgehead atoms. The van der Waals surface area contributed by atoms with Crippen LogP contribution in [0.2, 0.25) is 0 Å². The van der Waals surface area contributed by atoms with E-state index >= 15 is 0 Å².